The molecule has 0 bridgehead atoms. The fraction of sp³-hybridized carbons (Fsp3) is 0.524. The standard InChI is InChI=1S/C21H28N2O7/c1-20(2,3)30-19(27)23-16(24)13-21(23,17(25)28-4)11-8-12-22-18(26)29-14-15-9-6-5-7-10-15/h5-7,9-10H,8,11-14H2,1-4H3,(H,22,26). The summed E-state index contributed by atoms with van der Waals surface area (Å²) < 4.78 is 15.2. The number of rotatable bonds is 7. The second kappa shape index (κ2) is 9.60. The van der Waals surface area contributed by atoms with E-state index in [4.69, 9.17) is 14.2 Å². The summed E-state index contributed by atoms with van der Waals surface area (Å²) in [6.07, 6.45) is -1.19. The highest BCUT2D eigenvalue weighted by Gasteiger charge is 2.61. The predicted molar refractivity (Wildman–Crippen MR) is 106 cm³/mol. The van der Waals surface area contributed by atoms with Gasteiger partial charge in [0.05, 0.1) is 13.5 Å². The summed E-state index contributed by atoms with van der Waals surface area (Å²) in [4.78, 5) is 49.6. The Bertz CT molecular complexity index is 788. The van der Waals surface area contributed by atoms with Gasteiger partial charge in [-0.15, -0.1) is 0 Å². The van der Waals surface area contributed by atoms with Gasteiger partial charge in [-0.05, 0) is 39.2 Å². The molecule has 0 aromatic heterocycles. The van der Waals surface area contributed by atoms with Crippen molar-refractivity contribution < 1.29 is 33.4 Å². The summed E-state index contributed by atoms with van der Waals surface area (Å²) in [6, 6.07) is 9.24. The number of hydrogen-bond donors (Lipinski definition) is 1. The Morgan fingerprint density at radius 2 is 1.83 bits per heavy atom. The van der Waals surface area contributed by atoms with Crippen LogP contribution in [0, 0.1) is 0 Å². The van der Waals surface area contributed by atoms with E-state index in [-0.39, 0.29) is 26.0 Å². The maximum absolute atomic E-state index is 12.4. The summed E-state index contributed by atoms with van der Waals surface area (Å²) in [5.41, 5.74) is -1.39. The molecular formula is C21H28N2O7. The number of carbonyl (C=O) groups is 4. The van der Waals surface area contributed by atoms with Crippen molar-refractivity contribution >= 4 is 24.1 Å². The van der Waals surface area contributed by atoms with Gasteiger partial charge in [0.15, 0.2) is 5.54 Å². The molecule has 1 aromatic carbocycles. The van der Waals surface area contributed by atoms with Gasteiger partial charge in [0, 0.05) is 6.54 Å². The van der Waals surface area contributed by atoms with Crippen molar-refractivity contribution in [3.8, 4) is 0 Å². The van der Waals surface area contributed by atoms with Crippen molar-refractivity contribution in [1.82, 2.24) is 10.2 Å². The molecule has 0 spiro atoms. The molecule has 9 heteroatoms. The lowest BCUT2D eigenvalue weighted by molar-refractivity contribution is -0.176. The molecule has 0 radical (unpaired) electrons. The Morgan fingerprint density at radius 3 is 2.40 bits per heavy atom. The summed E-state index contributed by atoms with van der Waals surface area (Å²) in [7, 11) is 1.19. The molecule has 164 valence electrons. The maximum Gasteiger partial charge on any atom is 0.418 e. The third-order valence-electron chi connectivity index (χ3n) is 4.51. The van der Waals surface area contributed by atoms with E-state index in [0.29, 0.717) is 6.42 Å². The van der Waals surface area contributed by atoms with Gasteiger partial charge >= 0.3 is 18.2 Å². The van der Waals surface area contributed by atoms with Crippen molar-refractivity contribution in [2.45, 2.75) is 57.8 Å². The van der Waals surface area contributed by atoms with E-state index >= 15 is 0 Å². The molecule has 30 heavy (non-hydrogen) atoms. The number of imide groups is 1. The fourth-order valence-corrected chi connectivity index (χ4v) is 3.14. The first-order chi connectivity index (χ1) is 14.1. The molecule has 2 rings (SSSR count). The number of nitrogens with one attached hydrogen (secondary N) is 1. The molecule has 1 fully saturated rings. The number of likely N-dealkylation sites (tertiary alicyclic amines) is 1. The number of nitrogens with zero attached hydrogens (tertiary/aromatic N) is 1. The van der Waals surface area contributed by atoms with Crippen LogP contribution < -0.4 is 5.32 Å². The summed E-state index contributed by atoms with van der Waals surface area (Å²) in [5.74, 6) is -1.20. The zero-order valence-electron chi connectivity index (χ0n) is 17.7. The third-order valence-corrected chi connectivity index (χ3v) is 4.51. The van der Waals surface area contributed by atoms with Crippen molar-refractivity contribution in [1.29, 1.82) is 0 Å². The van der Waals surface area contributed by atoms with Gasteiger partial charge in [0.2, 0.25) is 5.91 Å². The van der Waals surface area contributed by atoms with Crippen LogP contribution in [0.4, 0.5) is 9.59 Å². The first-order valence-corrected chi connectivity index (χ1v) is 9.68. The van der Waals surface area contributed by atoms with E-state index in [1.807, 2.05) is 30.3 Å². The molecular weight excluding hydrogens is 392 g/mol. The minimum Gasteiger partial charge on any atom is -0.467 e. The number of methoxy groups -OCH3 is 1. The van der Waals surface area contributed by atoms with Crippen LogP contribution >= 0.6 is 0 Å². The molecule has 1 N–H and O–H groups in total. The summed E-state index contributed by atoms with van der Waals surface area (Å²) in [5, 5.41) is 2.59. The van der Waals surface area contributed by atoms with Gasteiger partial charge in [0.25, 0.3) is 0 Å². The van der Waals surface area contributed by atoms with Crippen LogP contribution in [0.1, 0.15) is 45.6 Å². The number of ether oxygens (including phenoxy) is 3. The number of esters is 1. The van der Waals surface area contributed by atoms with Crippen LogP contribution in [-0.2, 0) is 30.4 Å². The highest BCUT2D eigenvalue weighted by molar-refractivity contribution is 6.07. The predicted octanol–water partition coefficient (Wildman–Crippen LogP) is 2.77. The number of carbonyl (C=O) groups excluding carboxylic acids is 4. The smallest absolute Gasteiger partial charge is 0.418 e. The van der Waals surface area contributed by atoms with E-state index in [0.717, 1.165) is 10.5 Å². The van der Waals surface area contributed by atoms with Crippen LogP contribution in [0.5, 0.6) is 0 Å². The van der Waals surface area contributed by atoms with E-state index in [2.05, 4.69) is 5.32 Å². The van der Waals surface area contributed by atoms with E-state index in [1.165, 1.54) is 7.11 Å². The average molecular weight is 420 g/mol. The molecule has 0 saturated carbocycles. The quantitative estimate of drug-likeness (QED) is 0.312. The molecule has 1 heterocycles. The molecule has 1 atom stereocenters. The third kappa shape index (κ3) is 5.71. The highest BCUT2D eigenvalue weighted by atomic mass is 16.6. The number of hydrogen-bond acceptors (Lipinski definition) is 7. The first-order valence-electron chi connectivity index (χ1n) is 9.68. The highest BCUT2D eigenvalue weighted by Crippen LogP contribution is 2.38. The Labute approximate surface area is 175 Å². The summed E-state index contributed by atoms with van der Waals surface area (Å²) >= 11 is 0. The van der Waals surface area contributed by atoms with E-state index in [9.17, 15) is 19.2 Å². The Morgan fingerprint density at radius 1 is 1.17 bits per heavy atom. The monoisotopic (exact) mass is 420 g/mol. The van der Waals surface area contributed by atoms with Gasteiger partial charge < -0.3 is 19.5 Å². The Kier molecular flexibility index (Phi) is 7.42. The van der Waals surface area contributed by atoms with Crippen molar-refractivity contribution in [2.75, 3.05) is 13.7 Å². The summed E-state index contributed by atoms with van der Waals surface area (Å²) in [6.45, 7) is 5.34. The number of β-lactam (4-membered cyclic amide) rings is 1. The van der Waals surface area contributed by atoms with Crippen molar-refractivity contribution in [2.24, 2.45) is 0 Å². The van der Waals surface area contributed by atoms with E-state index < -0.39 is 35.2 Å². The van der Waals surface area contributed by atoms with Crippen LogP contribution in [0.2, 0.25) is 0 Å². The average Bonchev–Trinajstić information content (AvgIpc) is 2.66. The molecule has 1 saturated heterocycles. The SMILES string of the molecule is COC(=O)C1(CCCNC(=O)OCc2ccccc2)CC(=O)N1C(=O)OC(C)(C)C. The van der Waals surface area contributed by atoms with Crippen molar-refractivity contribution in [3.63, 3.8) is 0 Å². The molecule has 3 amide bonds. The molecule has 0 aliphatic carbocycles. The first kappa shape index (κ1) is 23.2. The second-order valence-electron chi connectivity index (χ2n) is 8.00. The van der Waals surface area contributed by atoms with Crippen molar-refractivity contribution in [3.05, 3.63) is 35.9 Å². The number of amides is 3. The minimum absolute atomic E-state index is 0.129. The van der Waals surface area contributed by atoms with Gasteiger partial charge in [0.1, 0.15) is 12.2 Å². The molecule has 1 aliphatic heterocycles. The fourth-order valence-electron chi connectivity index (χ4n) is 3.14. The van der Waals surface area contributed by atoms with Crippen LogP contribution in [0.25, 0.3) is 0 Å². The van der Waals surface area contributed by atoms with Gasteiger partial charge in [-0.1, -0.05) is 30.3 Å². The topological polar surface area (TPSA) is 111 Å². The largest absolute Gasteiger partial charge is 0.467 e. The number of benzene rings is 1. The van der Waals surface area contributed by atoms with Crippen LogP contribution in [0.15, 0.2) is 30.3 Å². The second-order valence-corrected chi connectivity index (χ2v) is 8.00. The molecule has 1 aromatic rings. The lowest BCUT2D eigenvalue weighted by Gasteiger charge is -2.47. The van der Waals surface area contributed by atoms with Gasteiger partial charge in [-0.25, -0.2) is 19.3 Å². The van der Waals surface area contributed by atoms with E-state index in [1.54, 1.807) is 20.8 Å². The molecule has 9 nitrogen and oxygen atoms in total. The number of alkyl carbamates (subject to hydrolysis) is 1. The Hall–Kier alpha value is -3.10. The zero-order chi connectivity index (χ0) is 22.4. The maximum atomic E-state index is 12.4. The zero-order valence-corrected chi connectivity index (χ0v) is 17.7. The van der Waals surface area contributed by atoms with Crippen LogP contribution in [-0.4, -0.2) is 53.8 Å². The Balaban J connectivity index is 1.89. The van der Waals surface area contributed by atoms with Gasteiger partial charge in [-0.3, -0.25) is 4.79 Å². The lowest BCUT2D eigenvalue weighted by Crippen LogP contribution is -2.70. The normalized spacial score (nSPS) is 18.3. The van der Waals surface area contributed by atoms with Gasteiger partial charge in [-0.2, -0.15) is 0 Å². The molecule has 1 aliphatic rings. The minimum atomic E-state index is -1.43. The van der Waals surface area contributed by atoms with Crippen LogP contribution in [0.3, 0.4) is 0 Å². The lowest BCUT2D eigenvalue weighted by atomic mass is 9.80. The molecule has 1 unspecified atom stereocenters.